The Labute approximate surface area is 150 Å². The van der Waals surface area contributed by atoms with E-state index in [-0.39, 0.29) is 11.1 Å². The summed E-state index contributed by atoms with van der Waals surface area (Å²) in [6.45, 7) is 3.88. The van der Waals surface area contributed by atoms with Crippen molar-refractivity contribution in [1.82, 2.24) is 0 Å². The molecule has 2 rings (SSSR count). The molecule has 0 saturated carbocycles. The highest BCUT2D eigenvalue weighted by Crippen LogP contribution is 2.21. The number of aromatic carboxylic acids is 1. The molecule has 0 bridgehead atoms. The molecule has 0 aliphatic carbocycles. The number of hydrogen-bond acceptors (Lipinski definition) is 4. The van der Waals surface area contributed by atoms with Crippen LogP contribution in [0.2, 0.25) is 0 Å². The van der Waals surface area contributed by atoms with Crippen molar-refractivity contribution in [2.45, 2.75) is 0 Å². The number of benzene rings is 2. The monoisotopic (exact) mass is 348 g/mol. The van der Waals surface area contributed by atoms with E-state index in [1.165, 1.54) is 30.3 Å². The summed E-state index contributed by atoms with van der Waals surface area (Å²) >= 11 is 0. The summed E-state index contributed by atoms with van der Waals surface area (Å²) < 4.78 is 5.51. The number of ether oxygens (including phenoxy) is 1. The van der Waals surface area contributed by atoms with Gasteiger partial charge in [0.05, 0.1) is 5.56 Å². The van der Waals surface area contributed by atoms with Crippen LogP contribution >= 0.6 is 0 Å². The normalized spacial score (nSPS) is 10.5. The summed E-state index contributed by atoms with van der Waals surface area (Å²) in [5.41, 5.74) is 0.967. The van der Waals surface area contributed by atoms with Crippen molar-refractivity contribution in [3.63, 3.8) is 0 Å². The molecule has 0 spiro atoms. The summed E-state index contributed by atoms with van der Waals surface area (Å²) in [7, 11) is 0. The van der Waals surface area contributed by atoms with E-state index in [1.54, 1.807) is 30.3 Å². The number of hydrogen-bond donors (Lipinski definition) is 2. The summed E-state index contributed by atoms with van der Waals surface area (Å²) in [6, 6.07) is 14.5. The van der Waals surface area contributed by atoms with Gasteiger partial charge in [-0.05, 0) is 36.4 Å². The maximum absolute atomic E-state index is 12.3. The van der Waals surface area contributed by atoms with Gasteiger partial charge in [-0.1, -0.05) is 30.9 Å². The summed E-state index contributed by atoms with van der Waals surface area (Å²) in [4.78, 5) is 23.2. The summed E-state index contributed by atoms with van der Waals surface area (Å²) in [6.07, 6.45) is 3.03. The van der Waals surface area contributed by atoms with E-state index in [1.807, 2.05) is 6.07 Å². The minimum atomic E-state index is -1.06. The lowest BCUT2D eigenvalue weighted by atomic mass is 10.1. The third-order valence-electron chi connectivity index (χ3n) is 3.33. The molecule has 2 N–H and O–H groups in total. The molecule has 0 aromatic heterocycles. The zero-order valence-electron chi connectivity index (χ0n) is 13.8. The highest BCUT2D eigenvalue weighted by Gasteiger charge is 2.12. The van der Waals surface area contributed by atoms with E-state index in [0.717, 1.165) is 0 Å². The lowest BCUT2D eigenvalue weighted by Crippen LogP contribution is -2.13. The molecular formula is C20H16N2O4. The molecule has 0 atom stereocenters. The lowest BCUT2D eigenvalue weighted by molar-refractivity contribution is -0.112. The van der Waals surface area contributed by atoms with Crippen LogP contribution in [0.25, 0.3) is 6.08 Å². The molecule has 2 aromatic rings. The topological polar surface area (TPSA) is 99.4 Å². The van der Waals surface area contributed by atoms with Crippen molar-refractivity contribution in [3.05, 3.63) is 77.9 Å². The molecule has 0 aliphatic heterocycles. The summed E-state index contributed by atoms with van der Waals surface area (Å²) in [5, 5.41) is 20.7. The molecule has 0 radical (unpaired) electrons. The van der Waals surface area contributed by atoms with Gasteiger partial charge in [0.2, 0.25) is 0 Å². The molecule has 0 fully saturated rings. The maximum atomic E-state index is 12.3. The van der Waals surface area contributed by atoms with Crippen LogP contribution in [0.4, 0.5) is 5.69 Å². The Balaban J connectivity index is 2.21. The summed E-state index contributed by atoms with van der Waals surface area (Å²) in [5.74, 6) is -1.13. The number of carboxylic acid groups (broad SMARTS) is 1. The highest BCUT2D eigenvalue weighted by atomic mass is 16.5. The second kappa shape index (κ2) is 8.85. The van der Waals surface area contributed by atoms with E-state index in [2.05, 4.69) is 11.9 Å². The molecule has 6 heteroatoms. The quantitative estimate of drug-likeness (QED) is 0.453. The van der Waals surface area contributed by atoms with Gasteiger partial charge in [0.1, 0.15) is 24.0 Å². The number of rotatable bonds is 7. The molecule has 0 aliphatic rings. The smallest absolute Gasteiger partial charge is 0.335 e. The van der Waals surface area contributed by atoms with Gasteiger partial charge in [0.25, 0.3) is 5.91 Å². The first kappa shape index (κ1) is 18.5. The fourth-order valence-electron chi connectivity index (χ4n) is 2.08. The SMILES string of the molecule is C=CCOc1ccccc1/C=C(\C#N)C(=O)Nc1ccc(C(=O)O)cc1. The number of nitrogens with zero attached hydrogens (tertiary/aromatic N) is 1. The Morgan fingerprint density at radius 1 is 1.19 bits per heavy atom. The third kappa shape index (κ3) is 4.82. The van der Waals surface area contributed by atoms with Gasteiger partial charge >= 0.3 is 5.97 Å². The fraction of sp³-hybridized carbons (Fsp3) is 0.0500. The number of nitriles is 1. The number of nitrogens with one attached hydrogen (secondary N) is 1. The molecule has 1 amide bonds. The van der Waals surface area contributed by atoms with Crippen LogP contribution < -0.4 is 10.1 Å². The van der Waals surface area contributed by atoms with Gasteiger partial charge in [-0.25, -0.2) is 4.79 Å². The van der Waals surface area contributed by atoms with Crippen LogP contribution in [0.1, 0.15) is 15.9 Å². The van der Waals surface area contributed by atoms with Gasteiger partial charge in [-0.15, -0.1) is 0 Å². The molecule has 0 saturated heterocycles. The van der Waals surface area contributed by atoms with E-state index < -0.39 is 11.9 Å². The zero-order valence-corrected chi connectivity index (χ0v) is 13.8. The number of carbonyl (C=O) groups excluding carboxylic acids is 1. The molecule has 0 unspecified atom stereocenters. The average Bonchev–Trinajstić information content (AvgIpc) is 2.65. The number of amides is 1. The average molecular weight is 348 g/mol. The van der Waals surface area contributed by atoms with Gasteiger partial charge in [0, 0.05) is 11.3 Å². The minimum absolute atomic E-state index is 0.104. The zero-order chi connectivity index (χ0) is 18.9. The predicted octanol–water partition coefficient (Wildman–Crippen LogP) is 3.50. The van der Waals surface area contributed by atoms with Gasteiger partial charge in [-0.3, -0.25) is 4.79 Å². The van der Waals surface area contributed by atoms with Crippen molar-refractivity contribution < 1.29 is 19.4 Å². The predicted molar refractivity (Wildman–Crippen MR) is 97.8 cm³/mol. The number of para-hydroxylation sites is 1. The molecule has 2 aromatic carbocycles. The van der Waals surface area contributed by atoms with Crippen molar-refractivity contribution in [3.8, 4) is 11.8 Å². The Morgan fingerprint density at radius 3 is 2.50 bits per heavy atom. The molecular weight excluding hydrogens is 332 g/mol. The van der Waals surface area contributed by atoms with Crippen molar-refractivity contribution in [2.24, 2.45) is 0 Å². The van der Waals surface area contributed by atoms with Crippen LogP contribution in [0.15, 0.2) is 66.8 Å². The van der Waals surface area contributed by atoms with Crippen LogP contribution in [0, 0.1) is 11.3 Å². The second-order valence-electron chi connectivity index (χ2n) is 5.14. The Bertz CT molecular complexity index is 893. The second-order valence-corrected chi connectivity index (χ2v) is 5.14. The molecule has 130 valence electrons. The first-order valence-electron chi connectivity index (χ1n) is 7.64. The van der Waals surface area contributed by atoms with E-state index in [9.17, 15) is 14.9 Å². The maximum Gasteiger partial charge on any atom is 0.335 e. The molecule has 6 nitrogen and oxygen atoms in total. The fourth-order valence-corrected chi connectivity index (χ4v) is 2.08. The van der Waals surface area contributed by atoms with Crippen molar-refractivity contribution >= 4 is 23.6 Å². The largest absolute Gasteiger partial charge is 0.489 e. The Hall–Kier alpha value is -3.85. The minimum Gasteiger partial charge on any atom is -0.489 e. The highest BCUT2D eigenvalue weighted by molar-refractivity contribution is 6.10. The van der Waals surface area contributed by atoms with Crippen LogP contribution in [-0.4, -0.2) is 23.6 Å². The Morgan fingerprint density at radius 2 is 1.88 bits per heavy atom. The third-order valence-corrected chi connectivity index (χ3v) is 3.33. The Kier molecular flexibility index (Phi) is 6.29. The van der Waals surface area contributed by atoms with E-state index in [0.29, 0.717) is 23.6 Å². The molecule has 26 heavy (non-hydrogen) atoms. The van der Waals surface area contributed by atoms with Crippen LogP contribution in [0.5, 0.6) is 5.75 Å². The lowest BCUT2D eigenvalue weighted by Gasteiger charge is -2.08. The first-order chi connectivity index (χ1) is 12.5. The van der Waals surface area contributed by atoms with Gasteiger partial charge in [0.15, 0.2) is 0 Å². The van der Waals surface area contributed by atoms with Crippen molar-refractivity contribution in [2.75, 3.05) is 11.9 Å². The van der Waals surface area contributed by atoms with E-state index in [4.69, 9.17) is 9.84 Å². The van der Waals surface area contributed by atoms with E-state index >= 15 is 0 Å². The number of carbonyl (C=O) groups is 2. The molecule has 0 heterocycles. The first-order valence-corrected chi connectivity index (χ1v) is 7.64. The number of carboxylic acids is 1. The van der Waals surface area contributed by atoms with Crippen LogP contribution in [-0.2, 0) is 4.79 Å². The standard InChI is InChI=1S/C20H16N2O4/c1-2-11-26-18-6-4-3-5-15(18)12-16(13-21)19(23)22-17-9-7-14(8-10-17)20(24)25/h2-10,12H,1,11H2,(H,22,23)(H,24,25)/b16-12+. The van der Waals surface area contributed by atoms with Gasteiger partial charge < -0.3 is 15.2 Å². The van der Waals surface area contributed by atoms with Crippen LogP contribution in [0.3, 0.4) is 0 Å². The van der Waals surface area contributed by atoms with Gasteiger partial charge in [-0.2, -0.15) is 5.26 Å². The van der Waals surface area contributed by atoms with Crippen molar-refractivity contribution in [1.29, 1.82) is 5.26 Å². The number of anilines is 1.